The van der Waals surface area contributed by atoms with Crippen molar-refractivity contribution in [3.63, 3.8) is 0 Å². The maximum atomic E-state index is 5.46. The fourth-order valence-electron chi connectivity index (χ4n) is 1.36. The predicted octanol–water partition coefficient (Wildman–Crippen LogP) is 2.86. The minimum Gasteiger partial charge on any atom is -0.490 e. The van der Waals surface area contributed by atoms with Crippen LogP contribution in [0.5, 0.6) is 5.75 Å². The number of hydrogen-bond donors (Lipinski definition) is 0. The molecule has 0 aliphatic heterocycles. The van der Waals surface area contributed by atoms with Crippen LogP contribution in [-0.4, -0.2) is 16.8 Å². The van der Waals surface area contributed by atoms with Gasteiger partial charge in [-0.15, -0.1) is 10.2 Å². The second-order valence-corrected chi connectivity index (χ2v) is 3.48. The van der Waals surface area contributed by atoms with E-state index in [0.717, 1.165) is 17.7 Å². The van der Waals surface area contributed by atoms with Gasteiger partial charge in [0.15, 0.2) is 0 Å². The first-order chi connectivity index (χ1) is 8.33. The molecular weight excluding hydrogens is 216 g/mol. The number of hydrogen-bond acceptors (Lipinski definition) is 4. The lowest BCUT2D eigenvalue weighted by atomic mass is 10.2. The van der Waals surface area contributed by atoms with Crippen LogP contribution >= 0.6 is 0 Å². The fourth-order valence-corrected chi connectivity index (χ4v) is 1.36. The fraction of sp³-hybridized carbons (Fsp3) is 0.231. The number of nitrogens with zero attached hydrogens (tertiary/aromatic N) is 2. The molecule has 0 amide bonds. The third-order valence-electron chi connectivity index (χ3n) is 2.24. The van der Waals surface area contributed by atoms with Crippen LogP contribution in [0.25, 0.3) is 11.5 Å². The van der Waals surface area contributed by atoms with E-state index in [1.807, 2.05) is 31.2 Å². The summed E-state index contributed by atoms with van der Waals surface area (Å²) in [5, 5.41) is 7.90. The van der Waals surface area contributed by atoms with Crippen molar-refractivity contribution >= 4 is 0 Å². The number of rotatable bonds is 5. The zero-order valence-corrected chi connectivity index (χ0v) is 9.72. The van der Waals surface area contributed by atoms with E-state index in [1.165, 1.54) is 0 Å². The third kappa shape index (κ3) is 2.72. The van der Waals surface area contributed by atoms with Gasteiger partial charge < -0.3 is 9.15 Å². The molecule has 1 heterocycles. The molecule has 2 aromatic rings. The largest absolute Gasteiger partial charge is 0.490 e. The molecule has 0 aliphatic rings. The molecule has 0 saturated heterocycles. The van der Waals surface area contributed by atoms with Crippen molar-refractivity contribution < 1.29 is 9.15 Å². The Labute approximate surface area is 99.9 Å². The summed E-state index contributed by atoms with van der Waals surface area (Å²) >= 11 is 0. The topological polar surface area (TPSA) is 48.2 Å². The summed E-state index contributed by atoms with van der Waals surface area (Å²) in [6.07, 6.45) is 2.45. The standard InChI is InChI=1S/C13H14N2O2/c1-3-9-16-11-7-5-10(6-8-11)13-15-14-12(4-2)17-13/h3,5-8H,1,4,9H2,2H3. The van der Waals surface area contributed by atoms with Crippen molar-refractivity contribution in [1.29, 1.82) is 0 Å². The van der Waals surface area contributed by atoms with E-state index < -0.39 is 0 Å². The molecule has 0 fully saturated rings. The Morgan fingerprint density at radius 1 is 1.29 bits per heavy atom. The summed E-state index contributed by atoms with van der Waals surface area (Å²) in [7, 11) is 0. The number of benzene rings is 1. The molecule has 88 valence electrons. The molecule has 1 aromatic carbocycles. The van der Waals surface area contributed by atoms with Crippen LogP contribution in [0.3, 0.4) is 0 Å². The molecule has 0 aliphatic carbocycles. The van der Waals surface area contributed by atoms with Crippen LogP contribution < -0.4 is 4.74 Å². The van der Waals surface area contributed by atoms with Gasteiger partial charge in [-0.1, -0.05) is 19.6 Å². The highest BCUT2D eigenvalue weighted by molar-refractivity contribution is 5.53. The Kier molecular flexibility index (Phi) is 3.55. The Balaban J connectivity index is 2.14. The van der Waals surface area contributed by atoms with E-state index >= 15 is 0 Å². The van der Waals surface area contributed by atoms with E-state index in [4.69, 9.17) is 9.15 Å². The molecule has 0 atom stereocenters. The van der Waals surface area contributed by atoms with E-state index in [0.29, 0.717) is 18.4 Å². The van der Waals surface area contributed by atoms with Crippen LogP contribution in [0.4, 0.5) is 0 Å². The minimum absolute atomic E-state index is 0.500. The van der Waals surface area contributed by atoms with Crippen LogP contribution in [0.2, 0.25) is 0 Å². The molecule has 0 N–H and O–H groups in total. The summed E-state index contributed by atoms with van der Waals surface area (Å²) in [6.45, 7) is 6.07. The zero-order valence-electron chi connectivity index (χ0n) is 9.72. The summed E-state index contributed by atoms with van der Waals surface area (Å²) in [4.78, 5) is 0. The quantitative estimate of drug-likeness (QED) is 0.741. The van der Waals surface area contributed by atoms with Gasteiger partial charge in [0.25, 0.3) is 0 Å². The molecule has 0 saturated carbocycles. The molecule has 0 unspecified atom stereocenters. The highest BCUT2D eigenvalue weighted by Crippen LogP contribution is 2.21. The average Bonchev–Trinajstić information content (AvgIpc) is 2.86. The Morgan fingerprint density at radius 3 is 2.65 bits per heavy atom. The first-order valence-corrected chi connectivity index (χ1v) is 5.50. The Morgan fingerprint density at radius 2 is 2.06 bits per heavy atom. The smallest absolute Gasteiger partial charge is 0.247 e. The highest BCUT2D eigenvalue weighted by atomic mass is 16.5. The maximum Gasteiger partial charge on any atom is 0.247 e. The van der Waals surface area contributed by atoms with Gasteiger partial charge in [-0.25, -0.2) is 0 Å². The van der Waals surface area contributed by atoms with Crippen LogP contribution in [-0.2, 0) is 6.42 Å². The maximum absolute atomic E-state index is 5.46. The minimum atomic E-state index is 0.500. The molecule has 0 bridgehead atoms. The Bertz CT molecular complexity index is 488. The molecule has 1 aromatic heterocycles. The second-order valence-electron chi connectivity index (χ2n) is 3.48. The van der Waals surface area contributed by atoms with Crippen LogP contribution in [0.1, 0.15) is 12.8 Å². The van der Waals surface area contributed by atoms with Gasteiger partial charge in [-0.05, 0) is 24.3 Å². The van der Waals surface area contributed by atoms with Gasteiger partial charge in [0.05, 0.1) is 0 Å². The highest BCUT2D eigenvalue weighted by Gasteiger charge is 2.06. The summed E-state index contributed by atoms with van der Waals surface area (Å²) in [6, 6.07) is 7.53. The van der Waals surface area contributed by atoms with Gasteiger partial charge in [0.1, 0.15) is 12.4 Å². The number of aromatic nitrogens is 2. The van der Waals surface area contributed by atoms with Gasteiger partial charge in [-0.2, -0.15) is 0 Å². The normalized spacial score (nSPS) is 10.2. The van der Waals surface area contributed by atoms with Gasteiger partial charge in [0, 0.05) is 12.0 Å². The number of aryl methyl sites for hydroxylation is 1. The molecular formula is C13H14N2O2. The van der Waals surface area contributed by atoms with Gasteiger partial charge >= 0.3 is 0 Å². The molecule has 0 radical (unpaired) electrons. The molecule has 2 rings (SSSR count). The second kappa shape index (κ2) is 5.30. The van der Waals surface area contributed by atoms with Gasteiger partial charge in [-0.3, -0.25) is 0 Å². The van der Waals surface area contributed by atoms with Crippen molar-refractivity contribution in [1.82, 2.24) is 10.2 Å². The van der Waals surface area contributed by atoms with E-state index in [1.54, 1.807) is 6.08 Å². The van der Waals surface area contributed by atoms with E-state index in [2.05, 4.69) is 16.8 Å². The van der Waals surface area contributed by atoms with Crippen molar-refractivity contribution in [3.05, 3.63) is 42.8 Å². The molecule has 4 nitrogen and oxygen atoms in total. The van der Waals surface area contributed by atoms with Crippen molar-refractivity contribution in [2.45, 2.75) is 13.3 Å². The van der Waals surface area contributed by atoms with Crippen molar-refractivity contribution in [2.75, 3.05) is 6.61 Å². The van der Waals surface area contributed by atoms with Crippen LogP contribution in [0.15, 0.2) is 41.3 Å². The summed E-state index contributed by atoms with van der Waals surface area (Å²) < 4.78 is 10.8. The lowest BCUT2D eigenvalue weighted by Crippen LogP contribution is -1.92. The third-order valence-corrected chi connectivity index (χ3v) is 2.24. The van der Waals surface area contributed by atoms with Crippen molar-refractivity contribution in [3.8, 4) is 17.2 Å². The predicted molar refractivity (Wildman–Crippen MR) is 64.8 cm³/mol. The first-order valence-electron chi connectivity index (χ1n) is 5.50. The van der Waals surface area contributed by atoms with Crippen molar-refractivity contribution in [2.24, 2.45) is 0 Å². The molecule has 17 heavy (non-hydrogen) atoms. The summed E-state index contributed by atoms with van der Waals surface area (Å²) in [5.41, 5.74) is 0.892. The first kappa shape index (κ1) is 11.4. The lowest BCUT2D eigenvalue weighted by molar-refractivity contribution is 0.363. The SMILES string of the molecule is C=CCOc1ccc(-c2nnc(CC)o2)cc1. The average molecular weight is 230 g/mol. The Hall–Kier alpha value is -2.10. The monoisotopic (exact) mass is 230 g/mol. The zero-order chi connectivity index (χ0) is 12.1. The van der Waals surface area contributed by atoms with Crippen LogP contribution in [0, 0.1) is 0 Å². The van der Waals surface area contributed by atoms with E-state index in [-0.39, 0.29) is 0 Å². The van der Waals surface area contributed by atoms with E-state index in [9.17, 15) is 0 Å². The summed E-state index contributed by atoms with van der Waals surface area (Å²) in [5.74, 6) is 1.98. The lowest BCUT2D eigenvalue weighted by Gasteiger charge is -2.02. The number of ether oxygens (including phenoxy) is 1. The molecule has 0 spiro atoms. The molecule has 4 heteroatoms. The van der Waals surface area contributed by atoms with Gasteiger partial charge in [0.2, 0.25) is 11.8 Å².